The maximum Gasteiger partial charge on any atom is 0.252 e. The van der Waals surface area contributed by atoms with E-state index in [1.807, 2.05) is 6.92 Å². The van der Waals surface area contributed by atoms with Gasteiger partial charge in [-0.25, -0.2) is 9.97 Å². The van der Waals surface area contributed by atoms with E-state index in [1.54, 1.807) is 0 Å². The van der Waals surface area contributed by atoms with Crippen molar-refractivity contribution in [2.75, 3.05) is 5.32 Å². The van der Waals surface area contributed by atoms with Gasteiger partial charge in [0.05, 0.1) is 12.4 Å². The number of nitrogens with one attached hydrogen (secondary N) is 3. The van der Waals surface area contributed by atoms with E-state index in [-0.39, 0.29) is 11.6 Å². The zero-order valence-corrected chi connectivity index (χ0v) is 8.06. The summed E-state index contributed by atoms with van der Waals surface area (Å²) in [6, 6.07) is 1.30. The average molecular weight is 206 g/mol. The number of anilines is 1. The summed E-state index contributed by atoms with van der Waals surface area (Å²) in [6.45, 7) is 1.89. The quantitative estimate of drug-likeness (QED) is 0.659. The molecule has 3 N–H and O–H groups in total. The highest BCUT2D eigenvalue weighted by molar-refractivity contribution is 5.33. The Kier molecular flexibility index (Phi) is 2.44. The van der Waals surface area contributed by atoms with Crippen LogP contribution in [0.25, 0.3) is 0 Å². The number of H-pyrrole nitrogens is 2. The van der Waals surface area contributed by atoms with E-state index in [1.165, 1.54) is 18.7 Å². The van der Waals surface area contributed by atoms with Crippen LogP contribution >= 0.6 is 0 Å². The largest absolute Gasteiger partial charge is 0.360 e. The van der Waals surface area contributed by atoms with E-state index >= 15 is 0 Å². The summed E-state index contributed by atoms with van der Waals surface area (Å²) in [5, 5.41) is 9.49. The average Bonchev–Trinajstić information content (AvgIpc) is 2.70. The highest BCUT2D eigenvalue weighted by Crippen LogP contribution is 2.10. The molecular formula is C8H10N6O. The Morgan fingerprint density at radius 3 is 3.00 bits per heavy atom. The molecule has 1 unspecified atom stereocenters. The molecule has 1 atom stereocenters. The van der Waals surface area contributed by atoms with Crippen molar-refractivity contribution >= 4 is 5.82 Å². The van der Waals surface area contributed by atoms with Crippen molar-refractivity contribution in [2.45, 2.75) is 13.0 Å². The SMILES string of the molecule is CC(Nc1cc(=O)[nH]cn1)c1ncn[nH]1. The van der Waals surface area contributed by atoms with E-state index in [0.29, 0.717) is 11.6 Å². The molecule has 0 spiro atoms. The van der Waals surface area contributed by atoms with E-state index in [0.717, 1.165) is 0 Å². The number of rotatable bonds is 3. The molecule has 0 saturated carbocycles. The second-order valence-corrected chi connectivity index (χ2v) is 3.03. The summed E-state index contributed by atoms with van der Waals surface area (Å²) in [6.07, 6.45) is 2.77. The number of aromatic nitrogens is 5. The lowest BCUT2D eigenvalue weighted by atomic mass is 10.3. The summed E-state index contributed by atoms with van der Waals surface area (Å²) in [7, 11) is 0. The van der Waals surface area contributed by atoms with Crippen LogP contribution in [0.4, 0.5) is 5.82 Å². The zero-order chi connectivity index (χ0) is 10.7. The number of hydrogen-bond acceptors (Lipinski definition) is 5. The minimum absolute atomic E-state index is 0.0817. The van der Waals surface area contributed by atoms with Crippen LogP contribution in [0.2, 0.25) is 0 Å². The molecule has 2 heterocycles. The minimum Gasteiger partial charge on any atom is -0.360 e. The van der Waals surface area contributed by atoms with E-state index < -0.39 is 0 Å². The van der Waals surface area contributed by atoms with Crippen LogP contribution < -0.4 is 10.9 Å². The zero-order valence-electron chi connectivity index (χ0n) is 8.06. The fourth-order valence-electron chi connectivity index (χ4n) is 1.16. The third-order valence-electron chi connectivity index (χ3n) is 1.89. The molecule has 0 saturated heterocycles. The molecule has 2 aromatic rings. The molecule has 0 aliphatic rings. The molecule has 0 bridgehead atoms. The summed E-state index contributed by atoms with van der Waals surface area (Å²) in [5.41, 5.74) is -0.197. The molecule has 78 valence electrons. The third kappa shape index (κ3) is 2.19. The highest BCUT2D eigenvalue weighted by Gasteiger charge is 2.08. The van der Waals surface area contributed by atoms with E-state index in [2.05, 4.69) is 30.5 Å². The smallest absolute Gasteiger partial charge is 0.252 e. The lowest BCUT2D eigenvalue weighted by Crippen LogP contribution is -2.13. The van der Waals surface area contributed by atoms with Crippen LogP contribution in [0, 0.1) is 0 Å². The molecular weight excluding hydrogens is 196 g/mol. The number of aromatic amines is 2. The Morgan fingerprint density at radius 2 is 2.33 bits per heavy atom. The predicted molar refractivity (Wildman–Crippen MR) is 53.3 cm³/mol. The van der Waals surface area contributed by atoms with Gasteiger partial charge in [0.2, 0.25) is 0 Å². The summed E-state index contributed by atoms with van der Waals surface area (Å²) in [4.78, 5) is 21.4. The first-order valence-electron chi connectivity index (χ1n) is 4.42. The van der Waals surface area contributed by atoms with E-state index in [4.69, 9.17) is 0 Å². The maximum atomic E-state index is 11.0. The molecule has 0 radical (unpaired) electrons. The van der Waals surface area contributed by atoms with Gasteiger partial charge in [-0.1, -0.05) is 0 Å². The highest BCUT2D eigenvalue weighted by atomic mass is 16.1. The van der Waals surface area contributed by atoms with Gasteiger partial charge in [-0.05, 0) is 6.92 Å². The first-order valence-corrected chi connectivity index (χ1v) is 4.42. The maximum absolute atomic E-state index is 11.0. The molecule has 7 nitrogen and oxygen atoms in total. The standard InChI is InChI=1S/C8H10N6O/c1-5(8-11-4-12-14-8)13-6-2-7(15)10-3-9-6/h2-5H,1H3,(H,11,12,14)(H2,9,10,13,15). The lowest BCUT2D eigenvalue weighted by molar-refractivity contribution is 0.788. The van der Waals surface area contributed by atoms with Gasteiger partial charge in [0.25, 0.3) is 5.56 Å². The number of nitrogens with zero attached hydrogens (tertiary/aromatic N) is 3. The second-order valence-electron chi connectivity index (χ2n) is 3.03. The molecule has 0 fully saturated rings. The van der Waals surface area contributed by atoms with Gasteiger partial charge in [-0.3, -0.25) is 9.89 Å². The third-order valence-corrected chi connectivity index (χ3v) is 1.89. The second kappa shape index (κ2) is 3.91. The Bertz CT molecular complexity index is 476. The molecule has 0 amide bonds. The van der Waals surface area contributed by atoms with Crippen molar-refractivity contribution in [1.29, 1.82) is 0 Å². The summed E-state index contributed by atoms with van der Waals surface area (Å²) >= 11 is 0. The fourth-order valence-corrected chi connectivity index (χ4v) is 1.16. The van der Waals surface area contributed by atoms with Gasteiger partial charge in [-0.15, -0.1) is 0 Å². The predicted octanol–water partition coefficient (Wildman–Crippen LogP) is 0.0611. The van der Waals surface area contributed by atoms with Crippen molar-refractivity contribution in [3.63, 3.8) is 0 Å². The molecule has 0 aromatic carbocycles. The minimum atomic E-state index is -0.197. The van der Waals surface area contributed by atoms with Gasteiger partial charge in [0, 0.05) is 6.07 Å². The van der Waals surface area contributed by atoms with Crippen LogP contribution in [-0.2, 0) is 0 Å². The molecule has 2 rings (SSSR count). The van der Waals surface area contributed by atoms with Crippen molar-refractivity contribution < 1.29 is 0 Å². The molecule has 7 heteroatoms. The van der Waals surface area contributed by atoms with Crippen molar-refractivity contribution in [1.82, 2.24) is 25.1 Å². The number of hydrogen-bond donors (Lipinski definition) is 3. The molecule has 0 aliphatic carbocycles. The van der Waals surface area contributed by atoms with Crippen LogP contribution in [0.15, 0.2) is 23.5 Å². The lowest BCUT2D eigenvalue weighted by Gasteiger charge is -2.10. The van der Waals surface area contributed by atoms with Crippen LogP contribution in [0.1, 0.15) is 18.8 Å². The van der Waals surface area contributed by atoms with Crippen molar-refractivity contribution in [2.24, 2.45) is 0 Å². The van der Waals surface area contributed by atoms with Gasteiger partial charge < -0.3 is 10.3 Å². The van der Waals surface area contributed by atoms with Crippen LogP contribution in [-0.4, -0.2) is 25.1 Å². The fraction of sp³-hybridized carbons (Fsp3) is 0.250. The van der Waals surface area contributed by atoms with Gasteiger partial charge in [0.15, 0.2) is 0 Å². The summed E-state index contributed by atoms with van der Waals surface area (Å²) < 4.78 is 0. The topological polar surface area (TPSA) is 99.3 Å². The Hall–Kier alpha value is -2.18. The van der Waals surface area contributed by atoms with Crippen LogP contribution in [0.5, 0.6) is 0 Å². The van der Waals surface area contributed by atoms with Gasteiger partial charge in [-0.2, -0.15) is 5.10 Å². The normalized spacial score (nSPS) is 12.3. The molecule has 2 aromatic heterocycles. The summed E-state index contributed by atoms with van der Waals surface area (Å²) in [5.74, 6) is 1.19. The molecule has 0 aliphatic heterocycles. The van der Waals surface area contributed by atoms with E-state index in [9.17, 15) is 4.79 Å². The Labute approximate surface area is 85.0 Å². The Balaban J connectivity index is 2.12. The monoisotopic (exact) mass is 206 g/mol. The van der Waals surface area contributed by atoms with Crippen molar-refractivity contribution in [3.05, 3.63) is 34.9 Å². The van der Waals surface area contributed by atoms with Crippen LogP contribution in [0.3, 0.4) is 0 Å². The van der Waals surface area contributed by atoms with Crippen molar-refractivity contribution in [3.8, 4) is 0 Å². The molecule has 15 heavy (non-hydrogen) atoms. The van der Waals surface area contributed by atoms with Gasteiger partial charge >= 0.3 is 0 Å². The Morgan fingerprint density at radius 1 is 1.47 bits per heavy atom. The first kappa shape index (κ1) is 9.38. The van der Waals surface area contributed by atoms with Gasteiger partial charge in [0.1, 0.15) is 18.0 Å². The first-order chi connectivity index (χ1) is 7.25.